The third-order valence-electron chi connectivity index (χ3n) is 6.24. The SMILES string of the molecule is CCN(Cc1nc2ccccc2c(=O)[nH]1)Cn1c(C)c(C)n(C2CCCC2)c1=S. The van der Waals surface area contributed by atoms with Gasteiger partial charge in [-0.3, -0.25) is 9.69 Å². The minimum absolute atomic E-state index is 0.0855. The number of hydrogen-bond acceptors (Lipinski definition) is 4. The Kier molecular flexibility index (Phi) is 5.69. The lowest BCUT2D eigenvalue weighted by Gasteiger charge is -2.21. The van der Waals surface area contributed by atoms with Gasteiger partial charge in [0.2, 0.25) is 0 Å². The van der Waals surface area contributed by atoms with Crippen molar-refractivity contribution in [2.75, 3.05) is 6.54 Å². The normalized spacial score (nSPS) is 15.0. The number of fused-ring (bicyclic) bond motifs is 1. The predicted molar refractivity (Wildman–Crippen MR) is 119 cm³/mol. The van der Waals surface area contributed by atoms with E-state index >= 15 is 0 Å². The summed E-state index contributed by atoms with van der Waals surface area (Å²) in [4.78, 5) is 22.3. The van der Waals surface area contributed by atoms with Gasteiger partial charge < -0.3 is 14.1 Å². The second-order valence-electron chi connectivity index (χ2n) is 8.01. The van der Waals surface area contributed by atoms with Crippen molar-refractivity contribution in [3.63, 3.8) is 0 Å². The number of H-pyrrole nitrogens is 1. The molecular formula is C22H29N5OS. The molecule has 1 saturated carbocycles. The Morgan fingerprint density at radius 1 is 1.21 bits per heavy atom. The molecule has 7 heteroatoms. The number of hydrogen-bond donors (Lipinski definition) is 1. The summed E-state index contributed by atoms with van der Waals surface area (Å²) in [6.07, 6.45) is 5.02. The van der Waals surface area contributed by atoms with E-state index in [1.54, 1.807) is 6.07 Å². The van der Waals surface area contributed by atoms with E-state index in [2.05, 4.69) is 44.8 Å². The van der Waals surface area contributed by atoms with Crippen LogP contribution in [0.3, 0.4) is 0 Å². The van der Waals surface area contributed by atoms with Gasteiger partial charge in [-0.2, -0.15) is 0 Å². The van der Waals surface area contributed by atoms with Crippen molar-refractivity contribution in [1.29, 1.82) is 0 Å². The minimum Gasteiger partial charge on any atom is -0.318 e. The first-order valence-corrected chi connectivity index (χ1v) is 10.9. The van der Waals surface area contributed by atoms with Crippen LogP contribution in [0.2, 0.25) is 0 Å². The quantitative estimate of drug-likeness (QED) is 0.608. The van der Waals surface area contributed by atoms with E-state index in [4.69, 9.17) is 12.2 Å². The number of para-hydroxylation sites is 1. The molecule has 1 aliphatic carbocycles. The second kappa shape index (κ2) is 8.24. The van der Waals surface area contributed by atoms with Gasteiger partial charge in [0.05, 0.1) is 24.1 Å². The second-order valence-corrected chi connectivity index (χ2v) is 8.37. The molecule has 154 valence electrons. The predicted octanol–water partition coefficient (Wildman–Crippen LogP) is 4.47. The largest absolute Gasteiger partial charge is 0.318 e. The zero-order valence-electron chi connectivity index (χ0n) is 17.4. The summed E-state index contributed by atoms with van der Waals surface area (Å²) in [6.45, 7) is 8.56. The summed E-state index contributed by atoms with van der Waals surface area (Å²) in [5.74, 6) is 0.687. The first kappa shape index (κ1) is 20.0. The zero-order valence-corrected chi connectivity index (χ0v) is 18.3. The molecule has 0 amide bonds. The summed E-state index contributed by atoms with van der Waals surface area (Å²) < 4.78 is 5.50. The van der Waals surface area contributed by atoms with E-state index in [-0.39, 0.29) is 5.56 Å². The zero-order chi connectivity index (χ0) is 20.5. The molecule has 0 aliphatic heterocycles. The fourth-order valence-corrected chi connectivity index (χ4v) is 4.91. The van der Waals surface area contributed by atoms with Crippen LogP contribution >= 0.6 is 12.2 Å². The van der Waals surface area contributed by atoms with Crippen LogP contribution in [-0.2, 0) is 13.2 Å². The van der Waals surface area contributed by atoms with E-state index in [1.807, 2.05) is 18.2 Å². The monoisotopic (exact) mass is 411 g/mol. The van der Waals surface area contributed by atoms with Gasteiger partial charge in [-0.15, -0.1) is 0 Å². The third-order valence-corrected chi connectivity index (χ3v) is 6.66. The van der Waals surface area contributed by atoms with Crippen LogP contribution in [0.4, 0.5) is 0 Å². The lowest BCUT2D eigenvalue weighted by atomic mass is 10.2. The van der Waals surface area contributed by atoms with E-state index < -0.39 is 0 Å². The molecule has 0 radical (unpaired) electrons. The van der Waals surface area contributed by atoms with Crippen LogP contribution in [0.1, 0.15) is 55.9 Å². The van der Waals surface area contributed by atoms with Crippen molar-refractivity contribution in [2.45, 2.75) is 65.7 Å². The Labute approximate surface area is 176 Å². The van der Waals surface area contributed by atoms with E-state index in [9.17, 15) is 4.79 Å². The average Bonchev–Trinajstić information content (AvgIpc) is 3.30. The molecule has 4 rings (SSSR count). The molecule has 1 aromatic carbocycles. The lowest BCUT2D eigenvalue weighted by Crippen LogP contribution is -2.28. The van der Waals surface area contributed by atoms with Crippen molar-refractivity contribution in [2.24, 2.45) is 0 Å². The molecule has 1 fully saturated rings. The Bertz CT molecular complexity index is 1140. The van der Waals surface area contributed by atoms with E-state index in [0.717, 1.165) is 16.8 Å². The number of nitrogens with zero attached hydrogens (tertiary/aromatic N) is 4. The number of nitrogens with one attached hydrogen (secondary N) is 1. The number of aromatic nitrogens is 4. The Hall–Kier alpha value is -2.25. The van der Waals surface area contributed by atoms with Gasteiger partial charge in [0.15, 0.2) is 4.77 Å². The average molecular weight is 412 g/mol. The summed E-state index contributed by atoms with van der Waals surface area (Å²) in [5.41, 5.74) is 3.14. The first-order valence-electron chi connectivity index (χ1n) is 10.5. The topological polar surface area (TPSA) is 58.9 Å². The molecular weight excluding hydrogens is 382 g/mol. The lowest BCUT2D eigenvalue weighted by molar-refractivity contribution is 0.211. The van der Waals surface area contributed by atoms with Gasteiger partial charge in [-0.1, -0.05) is 31.9 Å². The molecule has 2 heterocycles. The van der Waals surface area contributed by atoms with Crippen molar-refractivity contribution < 1.29 is 0 Å². The van der Waals surface area contributed by atoms with Crippen LogP contribution in [0.15, 0.2) is 29.1 Å². The van der Waals surface area contributed by atoms with Gasteiger partial charge in [0, 0.05) is 17.4 Å². The van der Waals surface area contributed by atoms with E-state index in [1.165, 1.54) is 37.1 Å². The Morgan fingerprint density at radius 3 is 2.66 bits per heavy atom. The molecule has 0 bridgehead atoms. The Morgan fingerprint density at radius 2 is 1.93 bits per heavy atom. The summed E-state index contributed by atoms with van der Waals surface area (Å²) >= 11 is 5.88. The first-order chi connectivity index (χ1) is 14.0. The number of imidazole rings is 1. The van der Waals surface area contributed by atoms with Crippen LogP contribution in [0.25, 0.3) is 10.9 Å². The van der Waals surface area contributed by atoms with Gasteiger partial charge in [0.25, 0.3) is 5.56 Å². The molecule has 2 aromatic heterocycles. The highest BCUT2D eigenvalue weighted by Crippen LogP contribution is 2.32. The molecule has 0 saturated heterocycles. The fourth-order valence-electron chi connectivity index (χ4n) is 4.43. The summed E-state index contributed by atoms with van der Waals surface area (Å²) in [6, 6.07) is 8.00. The standard InChI is InChI=1S/C22H29N5OS/c1-4-25(13-20-23-19-12-8-7-11-18(19)21(28)24-20)14-26-15(2)16(3)27(22(26)29)17-9-5-6-10-17/h7-8,11-12,17H,4-6,9-10,13-14H2,1-3H3,(H,23,24,28). The smallest absolute Gasteiger partial charge is 0.258 e. The maximum atomic E-state index is 12.4. The van der Waals surface area contributed by atoms with Crippen LogP contribution in [0.5, 0.6) is 0 Å². The summed E-state index contributed by atoms with van der Waals surface area (Å²) in [5, 5.41) is 0.627. The van der Waals surface area contributed by atoms with Gasteiger partial charge in [-0.25, -0.2) is 4.98 Å². The molecule has 0 spiro atoms. The molecule has 3 aromatic rings. The molecule has 29 heavy (non-hydrogen) atoms. The highest BCUT2D eigenvalue weighted by atomic mass is 32.1. The third kappa shape index (κ3) is 3.81. The van der Waals surface area contributed by atoms with Gasteiger partial charge in [-0.05, 0) is 57.6 Å². The number of rotatable bonds is 6. The molecule has 6 nitrogen and oxygen atoms in total. The Balaban J connectivity index is 1.61. The van der Waals surface area contributed by atoms with Crippen LogP contribution in [-0.4, -0.2) is 30.5 Å². The number of benzene rings is 1. The molecule has 1 aliphatic rings. The fraction of sp³-hybridized carbons (Fsp3) is 0.500. The van der Waals surface area contributed by atoms with Crippen LogP contribution < -0.4 is 5.56 Å². The summed E-state index contributed by atoms with van der Waals surface area (Å²) in [7, 11) is 0. The molecule has 1 N–H and O–H groups in total. The van der Waals surface area contributed by atoms with Crippen molar-refractivity contribution in [1.82, 2.24) is 24.0 Å². The van der Waals surface area contributed by atoms with Crippen molar-refractivity contribution in [3.05, 3.63) is 56.6 Å². The van der Waals surface area contributed by atoms with Crippen LogP contribution in [0, 0.1) is 18.6 Å². The number of aromatic amines is 1. The maximum absolute atomic E-state index is 12.4. The van der Waals surface area contributed by atoms with Crippen molar-refractivity contribution >= 4 is 23.1 Å². The highest BCUT2D eigenvalue weighted by molar-refractivity contribution is 7.71. The molecule has 0 atom stereocenters. The van der Waals surface area contributed by atoms with Gasteiger partial charge in [0.1, 0.15) is 5.82 Å². The van der Waals surface area contributed by atoms with E-state index in [0.29, 0.717) is 30.5 Å². The minimum atomic E-state index is -0.0855. The molecule has 0 unspecified atom stereocenters. The van der Waals surface area contributed by atoms with Crippen molar-refractivity contribution in [3.8, 4) is 0 Å². The maximum Gasteiger partial charge on any atom is 0.258 e. The highest BCUT2D eigenvalue weighted by Gasteiger charge is 2.23. The van der Waals surface area contributed by atoms with Gasteiger partial charge >= 0.3 is 0 Å².